The van der Waals surface area contributed by atoms with Crippen LogP contribution in [0.25, 0.3) is 0 Å². The van der Waals surface area contributed by atoms with Crippen molar-refractivity contribution in [3.63, 3.8) is 0 Å². The lowest BCUT2D eigenvalue weighted by atomic mass is 10.2. The van der Waals surface area contributed by atoms with Gasteiger partial charge in [-0.15, -0.1) is 0 Å². The maximum atomic E-state index is 12.6. The van der Waals surface area contributed by atoms with Gasteiger partial charge in [0.15, 0.2) is 0 Å². The molecule has 3 atom stereocenters. The quantitative estimate of drug-likeness (QED) is 0.524. The first kappa shape index (κ1) is 5.59. The first-order chi connectivity index (χ1) is 4.13. The highest BCUT2D eigenvalue weighted by atomic mass is 19.3. The second-order valence-corrected chi connectivity index (χ2v) is 3.07. The van der Waals surface area contributed by atoms with Crippen molar-refractivity contribution in [2.45, 2.75) is 24.8 Å². The molecule has 0 aromatic heterocycles. The van der Waals surface area contributed by atoms with E-state index in [1.165, 1.54) is 0 Å². The number of halogens is 2. The van der Waals surface area contributed by atoms with E-state index in [0.717, 1.165) is 0 Å². The fraction of sp³-hybridized carbons (Fsp3) is 1.00. The third-order valence-electron chi connectivity index (χ3n) is 2.53. The summed E-state index contributed by atoms with van der Waals surface area (Å²) in [5, 5.41) is 0. The summed E-state index contributed by atoms with van der Waals surface area (Å²) >= 11 is 0. The number of hydrogen-bond donors (Lipinski definition) is 1. The Morgan fingerprint density at radius 2 is 2.11 bits per heavy atom. The molecule has 0 amide bonds. The van der Waals surface area contributed by atoms with Crippen LogP contribution in [0.3, 0.4) is 0 Å². The zero-order valence-electron chi connectivity index (χ0n) is 4.98. The highest BCUT2D eigenvalue weighted by molar-refractivity contribution is 5.12. The number of hydrogen-bond acceptors (Lipinski definition) is 1. The lowest BCUT2D eigenvalue weighted by Gasteiger charge is -2.10. The standard InChI is InChI=1S/C6H9F2N/c7-6(8)2-1-3-4(6)5(3)9/h3-5H,1-2,9H2/t3-,4+,5+/m0/s1. The Bertz CT molecular complexity index is 146. The molecular weight excluding hydrogens is 124 g/mol. The zero-order valence-corrected chi connectivity index (χ0v) is 4.98. The third-order valence-corrected chi connectivity index (χ3v) is 2.53. The summed E-state index contributed by atoms with van der Waals surface area (Å²) in [7, 11) is 0. The molecule has 2 rings (SSSR count). The molecule has 2 fully saturated rings. The lowest BCUT2D eigenvalue weighted by Crippen LogP contribution is -2.22. The number of nitrogens with two attached hydrogens (primary N) is 1. The fourth-order valence-electron chi connectivity index (χ4n) is 1.89. The molecule has 1 nitrogen and oxygen atoms in total. The summed E-state index contributed by atoms with van der Waals surface area (Å²) < 4.78 is 25.1. The normalized spacial score (nSPS) is 53.0. The molecule has 0 bridgehead atoms. The monoisotopic (exact) mass is 133 g/mol. The van der Waals surface area contributed by atoms with Gasteiger partial charge in [0.1, 0.15) is 0 Å². The van der Waals surface area contributed by atoms with Crippen LogP contribution in [0.1, 0.15) is 12.8 Å². The summed E-state index contributed by atoms with van der Waals surface area (Å²) in [5.74, 6) is -2.73. The van der Waals surface area contributed by atoms with E-state index in [-0.39, 0.29) is 18.4 Å². The van der Waals surface area contributed by atoms with Gasteiger partial charge in [0.2, 0.25) is 0 Å². The van der Waals surface area contributed by atoms with Crippen LogP contribution in [-0.2, 0) is 0 Å². The average molecular weight is 133 g/mol. The van der Waals surface area contributed by atoms with E-state index < -0.39 is 11.8 Å². The molecule has 0 aromatic carbocycles. The van der Waals surface area contributed by atoms with Crippen molar-refractivity contribution in [1.29, 1.82) is 0 Å². The highest BCUT2D eigenvalue weighted by Gasteiger charge is 2.65. The second-order valence-electron chi connectivity index (χ2n) is 3.07. The van der Waals surface area contributed by atoms with Crippen molar-refractivity contribution in [3.8, 4) is 0 Å². The molecule has 9 heavy (non-hydrogen) atoms. The van der Waals surface area contributed by atoms with Gasteiger partial charge in [0.05, 0.1) is 0 Å². The van der Waals surface area contributed by atoms with Gasteiger partial charge in [-0.1, -0.05) is 0 Å². The van der Waals surface area contributed by atoms with E-state index >= 15 is 0 Å². The van der Waals surface area contributed by atoms with Gasteiger partial charge in [-0.25, -0.2) is 8.78 Å². The fourth-order valence-corrected chi connectivity index (χ4v) is 1.89. The van der Waals surface area contributed by atoms with E-state index in [0.29, 0.717) is 6.42 Å². The molecule has 0 aliphatic heterocycles. The summed E-state index contributed by atoms with van der Waals surface area (Å²) in [6.07, 6.45) is 0.703. The van der Waals surface area contributed by atoms with Crippen LogP contribution in [0.4, 0.5) is 8.78 Å². The van der Waals surface area contributed by atoms with Crippen molar-refractivity contribution in [2.24, 2.45) is 17.6 Å². The highest BCUT2D eigenvalue weighted by Crippen LogP contribution is 2.58. The smallest absolute Gasteiger partial charge is 0.252 e. The summed E-state index contributed by atoms with van der Waals surface area (Å²) in [6.45, 7) is 0. The van der Waals surface area contributed by atoms with Gasteiger partial charge in [0.25, 0.3) is 5.92 Å². The molecule has 2 N–H and O–H groups in total. The molecule has 0 unspecified atom stereocenters. The van der Waals surface area contributed by atoms with Crippen molar-refractivity contribution < 1.29 is 8.78 Å². The predicted octanol–water partition coefficient (Wildman–Crippen LogP) is 0.989. The van der Waals surface area contributed by atoms with E-state index in [1.807, 2.05) is 0 Å². The maximum absolute atomic E-state index is 12.6. The second kappa shape index (κ2) is 1.29. The van der Waals surface area contributed by atoms with E-state index in [2.05, 4.69) is 0 Å². The largest absolute Gasteiger partial charge is 0.327 e. The Labute approximate surface area is 52.2 Å². The van der Waals surface area contributed by atoms with Crippen LogP contribution in [-0.4, -0.2) is 12.0 Å². The summed E-state index contributed by atoms with van der Waals surface area (Å²) in [4.78, 5) is 0. The predicted molar refractivity (Wildman–Crippen MR) is 29.1 cm³/mol. The Morgan fingerprint density at radius 3 is 2.33 bits per heavy atom. The van der Waals surface area contributed by atoms with Gasteiger partial charge in [-0.2, -0.15) is 0 Å². The van der Waals surface area contributed by atoms with Gasteiger partial charge in [0, 0.05) is 18.4 Å². The van der Waals surface area contributed by atoms with Crippen molar-refractivity contribution in [1.82, 2.24) is 0 Å². The SMILES string of the molecule is N[C@@H]1[C@H]2CCC(F)(F)[C@@H]12. The van der Waals surface area contributed by atoms with Gasteiger partial charge in [-0.05, 0) is 12.3 Å². The Balaban J connectivity index is 2.16. The number of alkyl halides is 2. The Kier molecular flexibility index (Phi) is 0.799. The maximum Gasteiger partial charge on any atom is 0.252 e. The van der Waals surface area contributed by atoms with Gasteiger partial charge in [-0.3, -0.25) is 0 Å². The average Bonchev–Trinajstić information content (AvgIpc) is 2.24. The molecule has 0 aromatic rings. The van der Waals surface area contributed by atoms with Crippen LogP contribution >= 0.6 is 0 Å². The van der Waals surface area contributed by atoms with E-state index in [1.54, 1.807) is 0 Å². The molecular formula is C6H9F2N. The van der Waals surface area contributed by atoms with Crippen LogP contribution in [0.15, 0.2) is 0 Å². The minimum absolute atomic E-state index is 0.0655. The molecule has 0 radical (unpaired) electrons. The third kappa shape index (κ3) is 0.556. The molecule has 0 spiro atoms. The van der Waals surface area contributed by atoms with E-state index in [4.69, 9.17) is 5.73 Å². The van der Waals surface area contributed by atoms with Crippen LogP contribution < -0.4 is 5.73 Å². The first-order valence-corrected chi connectivity index (χ1v) is 3.26. The minimum Gasteiger partial charge on any atom is -0.327 e. The Hall–Kier alpha value is -0.180. The molecule has 2 aliphatic rings. The molecule has 52 valence electrons. The topological polar surface area (TPSA) is 26.0 Å². The van der Waals surface area contributed by atoms with Crippen LogP contribution in [0, 0.1) is 11.8 Å². The van der Waals surface area contributed by atoms with Gasteiger partial charge >= 0.3 is 0 Å². The van der Waals surface area contributed by atoms with Crippen molar-refractivity contribution in [2.75, 3.05) is 0 Å². The minimum atomic E-state index is -2.43. The first-order valence-electron chi connectivity index (χ1n) is 3.26. The van der Waals surface area contributed by atoms with E-state index in [9.17, 15) is 8.78 Å². The summed E-state index contributed by atoms with van der Waals surface area (Å²) in [6, 6.07) is -0.186. The number of rotatable bonds is 0. The summed E-state index contributed by atoms with van der Waals surface area (Å²) in [5.41, 5.74) is 5.37. The van der Waals surface area contributed by atoms with Crippen LogP contribution in [0.5, 0.6) is 0 Å². The van der Waals surface area contributed by atoms with Gasteiger partial charge < -0.3 is 5.73 Å². The molecule has 2 aliphatic carbocycles. The van der Waals surface area contributed by atoms with Crippen molar-refractivity contribution in [3.05, 3.63) is 0 Å². The molecule has 3 heteroatoms. The molecule has 0 saturated heterocycles. The number of fused-ring (bicyclic) bond motifs is 1. The molecule has 0 heterocycles. The Morgan fingerprint density at radius 1 is 1.44 bits per heavy atom. The van der Waals surface area contributed by atoms with Crippen molar-refractivity contribution >= 4 is 0 Å². The molecule has 2 saturated carbocycles. The van der Waals surface area contributed by atoms with Crippen LogP contribution in [0.2, 0.25) is 0 Å². The zero-order chi connectivity index (χ0) is 6.65. The lowest BCUT2D eigenvalue weighted by molar-refractivity contribution is -0.0164.